The van der Waals surface area contributed by atoms with Crippen LogP contribution in [0.15, 0.2) is 78.9 Å². The lowest BCUT2D eigenvalue weighted by atomic mass is 9.94. The first-order valence-electron chi connectivity index (χ1n) is 19.1. The second kappa shape index (κ2) is 18.4. The molecule has 1 aromatic heterocycles. The maximum Gasteiger partial charge on any atom is 0.308 e. The number of carbonyl (C=O) groups excluding carboxylic acids is 2. The maximum atomic E-state index is 14.7. The molecule has 10 nitrogen and oxygen atoms in total. The minimum Gasteiger partial charge on any atom is -0.491 e. The van der Waals surface area contributed by atoms with Crippen LogP contribution in [0.2, 0.25) is 0 Å². The number of ether oxygens (including phenoxy) is 5. The van der Waals surface area contributed by atoms with Crippen molar-refractivity contribution in [3.05, 3.63) is 95.9 Å². The van der Waals surface area contributed by atoms with Crippen molar-refractivity contribution in [3.8, 4) is 28.1 Å². The summed E-state index contributed by atoms with van der Waals surface area (Å²) < 4.78 is 46.0. The molecule has 55 heavy (non-hydrogen) atoms. The fourth-order valence-electron chi connectivity index (χ4n) is 7.09. The molecule has 5 rings (SSSR count). The number of nitrogens with one attached hydrogen (secondary N) is 1. The summed E-state index contributed by atoms with van der Waals surface area (Å²) in [4.78, 5) is 27.5. The second-order valence-corrected chi connectivity index (χ2v) is 15.6. The Kier molecular flexibility index (Phi) is 13.9. The number of rotatable bonds is 16. The van der Waals surface area contributed by atoms with E-state index in [9.17, 15) is 14.0 Å². The summed E-state index contributed by atoms with van der Waals surface area (Å²) in [5.41, 5.74) is 10.0. The molecule has 0 bridgehead atoms. The van der Waals surface area contributed by atoms with E-state index in [2.05, 4.69) is 23.7 Å². The first kappa shape index (κ1) is 41.6. The molecule has 296 valence electrons. The fraction of sp³-hybridized carbons (Fsp3) is 0.455. The van der Waals surface area contributed by atoms with Crippen LogP contribution < -0.4 is 15.8 Å². The number of benzene rings is 3. The van der Waals surface area contributed by atoms with Gasteiger partial charge in [-0.05, 0) is 107 Å². The number of halogens is 1. The van der Waals surface area contributed by atoms with E-state index >= 15 is 0 Å². The van der Waals surface area contributed by atoms with Crippen molar-refractivity contribution in [2.75, 3.05) is 31.7 Å². The Labute approximate surface area is 324 Å². The van der Waals surface area contributed by atoms with Crippen LogP contribution in [0.4, 0.5) is 10.1 Å². The Hall–Kier alpha value is -4.55. The van der Waals surface area contributed by atoms with Crippen LogP contribution in [-0.4, -0.2) is 66.4 Å². The standard InChI is InChI=1S/C44H56FN3O7/c1-29(2)40-39(42(50)47-33-17-19-34(20-18-33)52-26-25-51-24-22-46)38(30-11-9-8-10-12-30)41(31-13-15-32(45)16-14-31)48(40)23-21-35-27-36(54-44(6,7)53-35)28-37(49)55-43(3,4)5/h8-20,29,35-36H,21-28,46H2,1-7H3,(H,47,50)/t35-,36-/m1/s1. The summed E-state index contributed by atoms with van der Waals surface area (Å²) in [6, 6.07) is 23.4. The van der Waals surface area contributed by atoms with E-state index in [1.807, 2.05) is 65.0 Å². The lowest BCUT2D eigenvalue weighted by Gasteiger charge is -2.41. The van der Waals surface area contributed by atoms with Crippen LogP contribution in [0.25, 0.3) is 22.4 Å². The molecule has 1 amide bonds. The van der Waals surface area contributed by atoms with E-state index in [1.165, 1.54) is 12.1 Å². The largest absolute Gasteiger partial charge is 0.491 e. The first-order valence-corrected chi connectivity index (χ1v) is 19.1. The van der Waals surface area contributed by atoms with Gasteiger partial charge in [0.25, 0.3) is 5.91 Å². The zero-order valence-corrected chi connectivity index (χ0v) is 33.2. The molecule has 1 aliphatic heterocycles. The van der Waals surface area contributed by atoms with Crippen molar-refractivity contribution < 1.29 is 37.7 Å². The lowest BCUT2D eigenvalue weighted by molar-refractivity contribution is -0.301. The summed E-state index contributed by atoms with van der Waals surface area (Å²) in [5, 5.41) is 3.14. The molecule has 0 radical (unpaired) electrons. The SMILES string of the molecule is CC(C)c1c(C(=O)Nc2ccc(OCCOCCN)cc2)c(-c2ccccc2)c(-c2ccc(F)cc2)n1CC[C@@H]1C[C@H](CC(=O)OC(C)(C)C)OC(C)(C)O1. The average Bonchev–Trinajstić information content (AvgIpc) is 3.46. The highest BCUT2D eigenvalue weighted by atomic mass is 19.1. The monoisotopic (exact) mass is 757 g/mol. The number of aromatic nitrogens is 1. The molecule has 2 atom stereocenters. The minimum atomic E-state index is -0.925. The van der Waals surface area contributed by atoms with E-state index in [1.54, 1.807) is 36.4 Å². The van der Waals surface area contributed by atoms with E-state index in [0.717, 1.165) is 28.1 Å². The van der Waals surface area contributed by atoms with Gasteiger partial charge in [0.05, 0.1) is 43.1 Å². The van der Waals surface area contributed by atoms with Crippen LogP contribution >= 0.6 is 0 Å². The molecule has 2 heterocycles. The Morgan fingerprint density at radius 3 is 2.24 bits per heavy atom. The Balaban J connectivity index is 1.52. The Bertz CT molecular complexity index is 1870. The van der Waals surface area contributed by atoms with Crippen LogP contribution in [-0.2, 0) is 30.3 Å². The quantitative estimate of drug-likeness (QED) is 0.0860. The number of amides is 1. The van der Waals surface area contributed by atoms with Gasteiger partial charge in [0, 0.05) is 36.5 Å². The minimum absolute atomic E-state index is 0.0818. The van der Waals surface area contributed by atoms with Gasteiger partial charge in [-0.2, -0.15) is 0 Å². The molecule has 4 aromatic rings. The van der Waals surface area contributed by atoms with Gasteiger partial charge in [-0.15, -0.1) is 0 Å². The summed E-state index contributed by atoms with van der Waals surface area (Å²) >= 11 is 0. The van der Waals surface area contributed by atoms with Crippen LogP contribution in [0.1, 0.15) is 89.7 Å². The normalized spacial score (nSPS) is 16.9. The first-order chi connectivity index (χ1) is 26.1. The van der Waals surface area contributed by atoms with Crippen molar-refractivity contribution in [3.63, 3.8) is 0 Å². The Morgan fingerprint density at radius 1 is 0.927 bits per heavy atom. The predicted molar refractivity (Wildman–Crippen MR) is 213 cm³/mol. The van der Waals surface area contributed by atoms with Crippen molar-refractivity contribution in [1.29, 1.82) is 0 Å². The third-order valence-corrected chi connectivity index (χ3v) is 9.04. The molecule has 1 saturated heterocycles. The number of carbonyl (C=O) groups is 2. The van der Waals surface area contributed by atoms with Crippen LogP contribution in [0, 0.1) is 5.82 Å². The van der Waals surface area contributed by atoms with E-state index in [4.69, 9.17) is 29.4 Å². The van der Waals surface area contributed by atoms with Crippen LogP contribution in [0.5, 0.6) is 5.75 Å². The van der Waals surface area contributed by atoms with Crippen molar-refractivity contribution in [2.45, 2.75) is 104 Å². The van der Waals surface area contributed by atoms with Gasteiger partial charge in [-0.3, -0.25) is 9.59 Å². The van der Waals surface area contributed by atoms with Crippen molar-refractivity contribution >= 4 is 17.6 Å². The number of esters is 1. The number of hydrogen-bond donors (Lipinski definition) is 2. The third-order valence-electron chi connectivity index (χ3n) is 9.04. The molecule has 0 unspecified atom stereocenters. The highest BCUT2D eigenvalue weighted by Gasteiger charge is 2.38. The fourth-order valence-corrected chi connectivity index (χ4v) is 7.09. The molecule has 3 aromatic carbocycles. The van der Waals surface area contributed by atoms with Gasteiger partial charge >= 0.3 is 5.97 Å². The van der Waals surface area contributed by atoms with E-state index < -0.39 is 17.5 Å². The third kappa shape index (κ3) is 11.5. The number of nitrogens with zero attached hydrogens (tertiary/aromatic N) is 1. The number of anilines is 1. The van der Waals surface area contributed by atoms with E-state index in [0.29, 0.717) is 62.8 Å². The predicted octanol–water partition coefficient (Wildman–Crippen LogP) is 8.72. The molecule has 0 saturated carbocycles. The summed E-state index contributed by atoms with van der Waals surface area (Å²) in [7, 11) is 0. The molecule has 0 spiro atoms. The van der Waals surface area contributed by atoms with Gasteiger partial charge in [0.1, 0.15) is 23.8 Å². The topological polar surface area (TPSA) is 123 Å². The number of hydrogen-bond acceptors (Lipinski definition) is 8. The van der Waals surface area contributed by atoms with Crippen molar-refractivity contribution in [2.24, 2.45) is 5.73 Å². The molecular weight excluding hydrogens is 701 g/mol. The molecule has 0 aliphatic carbocycles. The zero-order chi connectivity index (χ0) is 39.8. The summed E-state index contributed by atoms with van der Waals surface area (Å²) in [6.07, 6.45) is 0.517. The molecule has 11 heteroatoms. The highest BCUT2D eigenvalue weighted by Crippen LogP contribution is 2.43. The van der Waals surface area contributed by atoms with Gasteiger partial charge in [-0.25, -0.2) is 4.39 Å². The van der Waals surface area contributed by atoms with E-state index in [-0.39, 0.29) is 36.1 Å². The second-order valence-electron chi connectivity index (χ2n) is 15.6. The summed E-state index contributed by atoms with van der Waals surface area (Å²) in [6.45, 7) is 15.6. The smallest absolute Gasteiger partial charge is 0.308 e. The van der Waals surface area contributed by atoms with Gasteiger partial charge < -0.3 is 39.3 Å². The van der Waals surface area contributed by atoms with Gasteiger partial charge in [-0.1, -0.05) is 44.2 Å². The number of nitrogens with two attached hydrogens (primary N) is 1. The van der Waals surface area contributed by atoms with Gasteiger partial charge in [0.15, 0.2) is 5.79 Å². The average molecular weight is 758 g/mol. The summed E-state index contributed by atoms with van der Waals surface area (Å²) in [5.74, 6) is -1.30. The Morgan fingerprint density at radius 2 is 1.60 bits per heavy atom. The zero-order valence-electron chi connectivity index (χ0n) is 33.2. The van der Waals surface area contributed by atoms with Crippen LogP contribution in [0.3, 0.4) is 0 Å². The molecule has 3 N–H and O–H groups in total. The molecule has 1 aliphatic rings. The maximum absolute atomic E-state index is 14.7. The lowest BCUT2D eigenvalue weighted by Crippen LogP contribution is -2.46. The highest BCUT2D eigenvalue weighted by molar-refractivity contribution is 6.12. The van der Waals surface area contributed by atoms with Crippen molar-refractivity contribution in [1.82, 2.24) is 4.57 Å². The molecule has 1 fully saturated rings. The van der Waals surface area contributed by atoms with Gasteiger partial charge in [0.2, 0.25) is 0 Å². The molecular formula is C44H56FN3O7.